The van der Waals surface area contributed by atoms with Crippen LogP contribution >= 0.6 is 0 Å². The second kappa shape index (κ2) is 5.97. The summed E-state index contributed by atoms with van der Waals surface area (Å²) < 4.78 is 12.4. The Balaban J connectivity index is 1.72. The quantitative estimate of drug-likeness (QED) is 0.848. The number of piperazine rings is 1. The fraction of sp³-hybridized carbons (Fsp3) is 0.526. The van der Waals surface area contributed by atoms with Gasteiger partial charge in [0, 0.05) is 43.4 Å². The van der Waals surface area contributed by atoms with Crippen molar-refractivity contribution in [3.8, 4) is 0 Å². The average Bonchev–Trinajstić information content (AvgIpc) is 2.82. The number of nitrogens with zero attached hydrogens (tertiary/aromatic N) is 2. The molecule has 3 heterocycles. The van der Waals surface area contributed by atoms with Gasteiger partial charge >= 0.3 is 7.12 Å². The third kappa shape index (κ3) is 2.92. The van der Waals surface area contributed by atoms with Crippen LogP contribution in [0, 0.1) is 0 Å². The van der Waals surface area contributed by atoms with Crippen LogP contribution in [0.15, 0.2) is 30.5 Å². The Morgan fingerprint density at radius 3 is 2.40 bits per heavy atom. The lowest BCUT2D eigenvalue weighted by molar-refractivity contribution is 0.00578. The van der Waals surface area contributed by atoms with Gasteiger partial charge in [-0.05, 0) is 45.3 Å². The first-order chi connectivity index (χ1) is 11.9. The van der Waals surface area contributed by atoms with Crippen molar-refractivity contribution >= 4 is 29.2 Å². The summed E-state index contributed by atoms with van der Waals surface area (Å²) in [5.74, 6) is 0. The van der Waals surface area contributed by atoms with Crippen molar-refractivity contribution in [1.29, 1.82) is 0 Å². The molecule has 25 heavy (non-hydrogen) atoms. The molecule has 2 aliphatic heterocycles. The summed E-state index contributed by atoms with van der Waals surface area (Å²) in [6.45, 7) is 12.4. The highest BCUT2D eigenvalue weighted by Gasteiger charge is 2.51. The highest BCUT2D eigenvalue weighted by molar-refractivity contribution is 6.62. The molecule has 5 nitrogen and oxygen atoms in total. The van der Waals surface area contributed by atoms with E-state index in [0.717, 1.165) is 42.5 Å². The SMILES string of the molecule is CC1(C)OB(c2ccc3nccc(N4CCNCC4)c3c2)OC1(C)C. The first-order valence-corrected chi connectivity index (χ1v) is 9.07. The molecule has 6 heteroatoms. The van der Waals surface area contributed by atoms with E-state index < -0.39 is 0 Å². The number of hydrogen-bond donors (Lipinski definition) is 1. The predicted octanol–water partition coefficient (Wildman–Crippen LogP) is 1.94. The van der Waals surface area contributed by atoms with Crippen LogP contribution in [-0.4, -0.2) is 49.5 Å². The minimum atomic E-state index is -0.342. The van der Waals surface area contributed by atoms with Crippen LogP contribution in [0.5, 0.6) is 0 Å². The van der Waals surface area contributed by atoms with Crippen LogP contribution in [-0.2, 0) is 9.31 Å². The third-order valence-electron chi connectivity index (χ3n) is 5.73. The van der Waals surface area contributed by atoms with Crippen LogP contribution in [0.25, 0.3) is 10.9 Å². The van der Waals surface area contributed by atoms with Gasteiger partial charge < -0.3 is 19.5 Å². The largest absolute Gasteiger partial charge is 0.494 e. The Morgan fingerprint density at radius 1 is 1.04 bits per heavy atom. The molecule has 0 unspecified atom stereocenters. The molecule has 1 aromatic heterocycles. The number of pyridine rings is 1. The molecule has 132 valence electrons. The summed E-state index contributed by atoms with van der Waals surface area (Å²) in [6.07, 6.45) is 1.90. The van der Waals surface area contributed by atoms with Crippen LogP contribution in [0.3, 0.4) is 0 Å². The normalized spacial score (nSPS) is 22.6. The molecule has 2 aliphatic rings. The van der Waals surface area contributed by atoms with E-state index in [0.29, 0.717) is 0 Å². The molecule has 1 aromatic carbocycles. The second-order valence-electron chi connectivity index (χ2n) is 7.93. The summed E-state index contributed by atoms with van der Waals surface area (Å²) in [7, 11) is -0.342. The van der Waals surface area contributed by atoms with Gasteiger partial charge in [0.1, 0.15) is 0 Å². The molecule has 2 saturated heterocycles. The van der Waals surface area contributed by atoms with Crippen LogP contribution < -0.4 is 15.7 Å². The Morgan fingerprint density at radius 2 is 1.72 bits per heavy atom. The molecule has 1 N–H and O–H groups in total. The summed E-state index contributed by atoms with van der Waals surface area (Å²) in [5.41, 5.74) is 2.64. The number of hydrogen-bond acceptors (Lipinski definition) is 5. The van der Waals surface area contributed by atoms with Crippen LogP contribution in [0.1, 0.15) is 27.7 Å². The molecular formula is C19H26BN3O2. The van der Waals surface area contributed by atoms with Gasteiger partial charge in [-0.3, -0.25) is 4.98 Å². The Labute approximate surface area is 149 Å². The predicted molar refractivity (Wildman–Crippen MR) is 103 cm³/mol. The van der Waals surface area contributed by atoms with E-state index in [-0.39, 0.29) is 18.3 Å². The molecule has 0 radical (unpaired) electrons. The van der Waals surface area contributed by atoms with Crippen molar-refractivity contribution < 1.29 is 9.31 Å². The lowest BCUT2D eigenvalue weighted by Crippen LogP contribution is -2.43. The van der Waals surface area contributed by atoms with E-state index >= 15 is 0 Å². The van der Waals surface area contributed by atoms with Crippen LogP contribution in [0.2, 0.25) is 0 Å². The van der Waals surface area contributed by atoms with E-state index in [1.807, 2.05) is 6.20 Å². The van der Waals surface area contributed by atoms with Gasteiger partial charge in [0.05, 0.1) is 16.7 Å². The molecule has 2 aromatic rings. The van der Waals surface area contributed by atoms with Crippen LogP contribution in [0.4, 0.5) is 5.69 Å². The van der Waals surface area contributed by atoms with Gasteiger partial charge in [-0.25, -0.2) is 0 Å². The van der Waals surface area contributed by atoms with Crippen molar-refractivity contribution in [3.05, 3.63) is 30.5 Å². The number of fused-ring (bicyclic) bond motifs is 1. The molecule has 2 fully saturated rings. The topological polar surface area (TPSA) is 46.6 Å². The zero-order valence-electron chi connectivity index (χ0n) is 15.5. The van der Waals surface area contributed by atoms with Crippen molar-refractivity contribution in [2.45, 2.75) is 38.9 Å². The molecule has 0 spiro atoms. The van der Waals surface area contributed by atoms with Crippen molar-refractivity contribution in [2.24, 2.45) is 0 Å². The van der Waals surface area contributed by atoms with Crippen molar-refractivity contribution in [2.75, 3.05) is 31.1 Å². The van der Waals surface area contributed by atoms with E-state index in [2.05, 4.69) is 67.2 Å². The van der Waals surface area contributed by atoms with E-state index in [9.17, 15) is 0 Å². The number of nitrogens with one attached hydrogen (secondary N) is 1. The maximum Gasteiger partial charge on any atom is 0.494 e. The van der Waals surface area contributed by atoms with Crippen molar-refractivity contribution in [1.82, 2.24) is 10.3 Å². The maximum atomic E-state index is 6.22. The zero-order valence-corrected chi connectivity index (χ0v) is 15.5. The highest BCUT2D eigenvalue weighted by atomic mass is 16.7. The first kappa shape index (κ1) is 16.8. The summed E-state index contributed by atoms with van der Waals surface area (Å²) >= 11 is 0. The van der Waals surface area contributed by atoms with Gasteiger partial charge in [-0.15, -0.1) is 0 Å². The van der Waals surface area contributed by atoms with E-state index in [1.165, 1.54) is 5.69 Å². The molecule has 4 rings (SSSR count). The number of anilines is 1. The standard InChI is InChI=1S/C19H26BN3O2/c1-18(2)19(3,4)25-20(24-18)14-5-6-16-15(13-14)17(7-8-22-16)23-11-9-21-10-12-23/h5-8,13,21H,9-12H2,1-4H3. The Hall–Kier alpha value is -1.63. The lowest BCUT2D eigenvalue weighted by atomic mass is 9.78. The first-order valence-electron chi connectivity index (χ1n) is 9.07. The number of benzene rings is 1. The third-order valence-corrected chi connectivity index (χ3v) is 5.73. The Kier molecular flexibility index (Phi) is 4.02. The number of rotatable bonds is 2. The molecule has 0 amide bonds. The maximum absolute atomic E-state index is 6.22. The van der Waals surface area contributed by atoms with E-state index in [4.69, 9.17) is 9.31 Å². The highest BCUT2D eigenvalue weighted by Crippen LogP contribution is 2.37. The Bertz CT molecular complexity index is 771. The molecular weight excluding hydrogens is 313 g/mol. The van der Waals surface area contributed by atoms with Gasteiger partial charge in [0.2, 0.25) is 0 Å². The van der Waals surface area contributed by atoms with Gasteiger partial charge in [-0.1, -0.05) is 12.1 Å². The van der Waals surface area contributed by atoms with Gasteiger partial charge in [0.25, 0.3) is 0 Å². The number of aromatic nitrogens is 1. The minimum absolute atomic E-state index is 0.330. The minimum Gasteiger partial charge on any atom is -0.399 e. The molecule has 0 bridgehead atoms. The van der Waals surface area contributed by atoms with Crippen molar-refractivity contribution in [3.63, 3.8) is 0 Å². The molecule has 0 saturated carbocycles. The summed E-state index contributed by atoms with van der Waals surface area (Å²) in [6, 6.07) is 8.43. The smallest absolute Gasteiger partial charge is 0.399 e. The zero-order chi connectivity index (χ0) is 17.7. The van der Waals surface area contributed by atoms with E-state index in [1.54, 1.807) is 0 Å². The second-order valence-corrected chi connectivity index (χ2v) is 7.93. The fourth-order valence-electron chi connectivity index (χ4n) is 3.46. The lowest BCUT2D eigenvalue weighted by Gasteiger charge is -2.32. The summed E-state index contributed by atoms with van der Waals surface area (Å²) in [5, 5.41) is 4.57. The van der Waals surface area contributed by atoms with Gasteiger partial charge in [0.15, 0.2) is 0 Å². The summed E-state index contributed by atoms with van der Waals surface area (Å²) in [4.78, 5) is 6.96. The molecule has 0 aliphatic carbocycles. The average molecular weight is 339 g/mol. The fourth-order valence-corrected chi connectivity index (χ4v) is 3.46. The van der Waals surface area contributed by atoms with Gasteiger partial charge in [-0.2, -0.15) is 0 Å². The monoisotopic (exact) mass is 339 g/mol. The molecule has 0 atom stereocenters.